The molecular weight excluding hydrogens is 240 g/mol. The van der Waals surface area contributed by atoms with Gasteiger partial charge in [0, 0.05) is 25.0 Å². The van der Waals surface area contributed by atoms with Gasteiger partial charge in [0.15, 0.2) is 0 Å². The lowest BCUT2D eigenvalue weighted by atomic mass is 10.1. The topological polar surface area (TPSA) is 58.2 Å². The Bertz CT molecular complexity index is 390. The van der Waals surface area contributed by atoms with Crippen molar-refractivity contribution in [2.45, 2.75) is 12.8 Å². The zero-order chi connectivity index (χ0) is 12.7. The summed E-state index contributed by atoms with van der Waals surface area (Å²) in [7, 11) is 1.60. The lowest BCUT2D eigenvalue weighted by molar-refractivity contribution is -0.120. The van der Waals surface area contributed by atoms with Crippen molar-refractivity contribution in [3.8, 4) is 0 Å². The van der Waals surface area contributed by atoms with E-state index in [2.05, 4.69) is 10.6 Å². The number of nitrogens with one attached hydrogen (secondary N) is 2. The van der Waals surface area contributed by atoms with E-state index in [9.17, 15) is 9.59 Å². The summed E-state index contributed by atoms with van der Waals surface area (Å²) in [5.41, 5.74) is 1.61. The highest BCUT2D eigenvalue weighted by atomic mass is 35.5. The molecule has 1 rings (SSSR count). The minimum Gasteiger partial charge on any atom is -0.359 e. The van der Waals surface area contributed by atoms with Gasteiger partial charge in [0.25, 0.3) is 0 Å². The van der Waals surface area contributed by atoms with E-state index in [1.54, 1.807) is 19.2 Å². The fourth-order valence-corrected chi connectivity index (χ4v) is 1.46. The van der Waals surface area contributed by atoms with Crippen molar-refractivity contribution < 1.29 is 9.59 Å². The van der Waals surface area contributed by atoms with E-state index in [-0.39, 0.29) is 11.8 Å². The summed E-state index contributed by atoms with van der Waals surface area (Å²) < 4.78 is 0. The average molecular weight is 255 g/mol. The summed E-state index contributed by atoms with van der Waals surface area (Å²) >= 11 is 5.46. The first-order valence-electron chi connectivity index (χ1n) is 5.31. The fraction of sp³-hybridized carbons (Fsp3) is 0.333. The molecule has 0 aromatic heterocycles. The average Bonchev–Trinajstić information content (AvgIpc) is 2.32. The van der Waals surface area contributed by atoms with Crippen molar-refractivity contribution in [1.29, 1.82) is 0 Å². The molecule has 92 valence electrons. The second-order valence-electron chi connectivity index (χ2n) is 3.53. The van der Waals surface area contributed by atoms with Crippen LogP contribution in [0.2, 0.25) is 0 Å². The highest BCUT2D eigenvalue weighted by Gasteiger charge is 2.03. The molecule has 0 unspecified atom stereocenters. The SMILES string of the molecule is CNC(=O)Cc1ccc(NC(=O)CCCl)cc1. The molecular formula is C12H15ClN2O2. The summed E-state index contributed by atoms with van der Waals surface area (Å²) in [6.45, 7) is 0. The molecule has 4 nitrogen and oxygen atoms in total. The van der Waals surface area contributed by atoms with Gasteiger partial charge in [-0.05, 0) is 17.7 Å². The number of likely N-dealkylation sites (N-methyl/N-ethyl adjacent to an activating group) is 1. The highest BCUT2D eigenvalue weighted by molar-refractivity contribution is 6.19. The van der Waals surface area contributed by atoms with E-state index < -0.39 is 0 Å². The quantitative estimate of drug-likeness (QED) is 0.783. The summed E-state index contributed by atoms with van der Waals surface area (Å²) in [5, 5.41) is 5.27. The van der Waals surface area contributed by atoms with Crippen molar-refractivity contribution in [3.05, 3.63) is 29.8 Å². The van der Waals surface area contributed by atoms with Crippen LogP contribution in [0.3, 0.4) is 0 Å². The van der Waals surface area contributed by atoms with Crippen molar-refractivity contribution >= 4 is 29.1 Å². The zero-order valence-corrected chi connectivity index (χ0v) is 10.4. The van der Waals surface area contributed by atoms with Gasteiger partial charge in [-0.1, -0.05) is 12.1 Å². The maximum atomic E-state index is 11.3. The summed E-state index contributed by atoms with van der Waals surface area (Å²) in [6, 6.07) is 7.16. The first-order chi connectivity index (χ1) is 8.15. The van der Waals surface area contributed by atoms with E-state index in [1.807, 2.05) is 12.1 Å². The number of carbonyl (C=O) groups excluding carboxylic acids is 2. The molecule has 2 N–H and O–H groups in total. The first-order valence-corrected chi connectivity index (χ1v) is 5.84. The minimum absolute atomic E-state index is 0.0380. The Balaban J connectivity index is 2.55. The molecule has 0 saturated carbocycles. The fourth-order valence-electron chi connectivity index (χ4n) is 1.29. The van der Waals surface area contributed by atoms with E-state index in [1.165, 1.54) is 0 Å². The van der Waals surface area contributed by atoms with Crippen LogP contribution in [0.5, 0.6) is 0 Å². The van der Waals surface area contributed by atoms with Crippen LogP contribution in [0.25, 0.3) is 0 Å². The maximum Gasteiger partial charge on any atom is 0.225 e. The van der Waals surface area contributed by atoms with Crippen LogP contribution < -0.4 is 10.6 Å². The van der Waals surface area contributed by atoms with Crippen molar-refractivity contribution in [2.24, 2.45) is 0 Å². The standard InChI is InChI=1S/C12H15ClN2O2/c1-14-12(17)8-9-2-4-10(5-3-9)15-11(16)6-7-13/h2-5H,6-8H2,1H3,(H,14,17)(H,15,16). The molecule has 0 spiro atoms. The van der Waals surface area contributed by atoms with Crippen LogP contribution in [0, 0.1) is 0 Å². The number of rotatable bonds is 5. The molecule has 1 aromatic rings. The molecule has 0 radical (unpaired) electrons. The van der Waals surface area contributed by atoms with Gasteiger partial charge in [0.1, 0.15) is 0 Å². The van der Waals surface area contributed by atoms with Crippen molar-refractivity contribution in [3.63, 3.8) is 0 Å². The number of hydrogen-bond donors (Lipinski definition) is 2. The highest BCUT2D eigenvalue weighted by Crippen LogP contribution is 2.10. The summed E-state index contributed by atoms with van der Waals surface area (Å²) in [5.74, 6) is 0.156. The Kier molecular flexibility index (Phi) is 5.49. The summed E-state index contributed by atoms with van der Waals surface area (Å²) in [4.78, 5) is 22.4. The van der Waals surface area contributed by atoms with Gasteiger partial charge in [-0.3, -0.25) is 9.59 Å². The van der Waals surface area contributed by atoms with Crippen LogP contribution >= 0.6 is 11.6 Å². The summed E-state index contributed by atoms with van der Waals surface area (Å²) in [6.07, 6.45) is 0.633. The Morgan fingerprint density at radius 3 is 2.35 bits per heavy atom. The number of amides is 2. The predicted octanol–water partition coefficient (Wildman–Crippen LogP) is 1.54. The minimum atomic E-state index is -0.112. The molecule has 0 saturated heterocycles. The van der Waals surface area contributed by atoms with Gasteiger partial charge in [-0.2, -0.15) is 0 Å². The van der Waals surface area contributed by atoms with Gasteiger partial charge in [0.2, 0.25) is 11.8 Å². The predicted molar refractivity (Wildman–Crippen MR) is 68.2 cm³/mol. The molecule has 0 aliphatic heterocycles. The Morgan fingerprint density at radius 2 is 1.82 bits per heavy atom. The molecule has 0 fully saturated rings. The van der Waals surface area contributed by atoms with Gasteiger partial charge >= 0.3 is 0 Å². The Morgan fingerprint density at radius 1 is 1.18 bits per heavy atom. The third kappa shape index (κ3) is 4.87. The molecule has 0 aliphatic rings. The molecule has 2 amide bonds. The van der Waals surface area contributed by atoms with Crippen molar-refractivity contribution in [1.82, 2.24) is 5.32 Å². The lowest BCUT2D eigenvalue weighted by Gasteiger charge is -2.05. The van der Waals surface area contributed by atoms with Gasteiger partial charge in [0.05, 0.1) is 6.42 Å². The van der Waals surface area contributed by atoms with Crippen LogP contribution in [0.15, 0.2) is 24.3 Å². The molecule has 5 heteroatoms. The monoisotopic (exact) mass is 254 g/mol. The van der Waals surface area contributed by atoms with Crippen molar-refractivity contribution in [2.75, 3.05) is 18.2 Å². The molecule has 17 heavy (non-hydrogen) atoms. The number of alkyl halides is 1. The van der Waals surface area contributed by atoms with Crippen LogP contribution in [0.4, 0.5) is 5.69 Å². The number of benzene rings is 1. The first kappa shape index (κ1) is 13.5. The number of carbonyl (C=O) groups is 2. The van der Waals surface area contributed by atoms with Gasteiger partial charge in [-0.15, -0.1) is 11.6 Å². The third-order valence-electron chi connectivity index (χ3n) is 2.20. The third-order valence-corrected chi connectivity index (χ3v) is 2.39. The molecule has 0 atom stereocenters. The second kappa shape index (κ2) is 6.91. The van der Waals surface area contributed by atoms with E-state index in [4.69, 9.17) is 11.6 Å². The van der Waals surface area contributed by atoms with Crippen LogP contribution in [-0.2, 0) is 16.0 Å². The van der Waals surface area contributed by atoms with Crippen LogP contribution in [0.1, 0.15) is 12.0 Å². The number of anilines is 1. The van der Waals surface area contributed by atoms with Crippen LogP contribution in [-0.4, -0.2) is 24.7 Å². The lowest BCUT2D eigenvalue weighted by Crippen LogP contribution is -2.19. The van der Waals surface area contributed by atoms with Gasteiger partial charge in [-0.25, -0.2) is 0 Å². The number of halogens is 1. The van der Waals surface area contributed by atoms with Gasteiger partial charge < -0.3 is 10.6 Å². The van der Waals surface area contributed by atoms with E-state index in [0.29, 0.717) is 24.4 Å². The van der Waals surface area contributed by atoms with E-state index >= 15 is 0 Å². The molecule has 0 aliphatic carbocycles. The Hall–Kier alpha value is -1.55. The molecule has 1 aromatic carbocycles. The largest absolute Gasteiger partial charge is 0.359 e. The zero-order valence-electron chi connectivity index (χ0n) is 9.63. The second-order valence-corrected chi connectivity index (χ2v) is 3.91. The smallest absolute Gasteiger partial charge is 0.225 e. The normalized spacial score (nSPS) is 9.76. The maximum absolute atomic E-state index is 11.3. The number of hydrogen-bond acceptors (Lipinski definition) is 2. The Labute approximate surface area is 105 Å². The molecule has 0 bridgehead atoms. The van der Waals surface area contributed by atoms with E-state index in [0.717, 1.165) is 5.56 Å². The molecule has 0 heterocycles.